The van der Waals surface area contributed by atoms with Crippen LogP contribution < -0.4 is 5.32 Å². The van der Waals surface area contributed by atoms with E-state index in [0.29, 0.717) is 17.4 Å². The number of rotatable bonds is 4. The number of nitrogens with zero attached hydrogens (tertiary/aromatic N) is 3. The lowest BCUT2D eigenvalue weighted by atomic mass is 9.99. The number of aromatic nitrogens is 2. The maximum atomic E-state index is 13.0. The molecule has 3 rings (SSSR count). The first-order chi connectivity index (χ1) is 12.0. The van der Waals surface area contributed by atoms with Crippen molar-refractivity contribution in [3.63, 3.8) is 0 Å². The quantitative estimate of drug-likeness (QED) is 0.911. The Morgan fingerprint density at radius 1 is 1.28 bits per heavy atom. The Bertz CT molecular complexity index is 652. The SMILES string of the molecule is CCC(C)NC(=O)c1nc(C(=O)N2CCCC(C)C2)c2n1CCCC2. The van der Waals surface area contributed by atoms with Gasteiger partial charge in [-0.25, -0.2) is 4.98 Å². The summed E-state index contributed by atoms with van der Waals surface area (Å²) in [6.45, 7) is 8.57. The van der Waals surface area contributed by atoms with Crippen molar-refractivity contribution in [2.75, 3.05) is 13.1 Å². The molecule has 25 heavy (non-hydrogen) atoms. The van der Waals surface area contributed by atoms with Crippen LogP contribution in [0.4, 0.5) is 0 Å². The van der Waals surface area contributed by atoms with Crippen molar-refractivity contribution in [1.82, 2.24) is 19.8 Å². The summed E-state index contributed by atoms with van der Waals surface area (Å²) < 4.78 is 1.97. The van der Waals surface area contributed by atoms with Crippen LogP contribution in [0.3, 0.4) is 0 Å². The summed E-state index contributed by atoms with van der Waals surface area (Å²) in [5, 5.41) is 2.99. The van der Waals surface area contributed by atoms with Gasteiger partial charge in [0.1, 0.15) is 5.69 Å². The van der Waals surface area contributed by atoms with Gasteiger partial charge in [-0.2, -0.15) is 0 Å². The topological polar surface area (TPSA) is 67.2 Å². The zero-order valence-electron chi connectivity index (χ0n) is 15.7. The zero-order valence-corrected chi connectivity index (χ0v) is 15.7. The summed E-state index contributed by atoms with van der Waals surface area (Å²) in [4.78, 5) is 32.1. The molecule has 1 aromatic heterocycles. The smallest absolute Gasteiger partial charge is 0.287 e. The summed E-state index contributed by atoms with van der Waals surface area (Å²) >= 11 is 0. The van der Waals surface area contributed by atoms with Gasteiger partial charge >= 0.3 is 0 Å². The minimum atomic E-state index is -0.163. The van der Waals surface area contributed by atoms with Crippen LogP contribution in [0.1, 0.15) is 79.7 Å². The van der Waals surface area contributed by atoms with Crippen molar-refractivity contribution < 1.29 is 9.59 Å². The summed E-state index contributed by atoms with van der Waals surface area (Å²) in [5.74, 6) is 0.774. The van der Waals surface area contributed by atoms with Crippen molar-refractivity contribution >= 4 is 11.8 Å². The lowest BCUT2D eigenvalue weighted by Gasteiger charge is -2.30. The Kier molecular flexibility index (Phi) is 5.45. The number of amides is 2. The first-order valence-corrected chi connectivity index (χ1v) is 9.70. The minimum Gasteiger partial charge on any atom is -0.347 e. The standard InChI is InChI=1S/C19H30N4O2/c1-4-14(3)20-18(24)17-21-16(15-9-5-6-11-23(15)17)19(25)22-10-7-8-13(2)12-22/h13-14H,4-12H2,1-3H3,(H,20,24). The monoisotopic (exact) mass is 346 g/mol. The first kappa shape index (κ1) is 18.0. The second-order valence-corrected chi connectivity index (χ2v) is 7.62. The van der Waals surface area contributed by atoms with E-state index in [-0.39, 0.29) is 17.9 Å². The minimum absolute atomic E-state index is 0.000194. The van der Waals surface area contributed by atoms with Crippen LogP contribution >= 0.6 is 0 Å². The van der Waals surface area contributed by atoms with Gasteiger partial charge in [0.25, 0.3) is 11.8 Å². The molecule has 138 valence electrons. The van der Waals surface area contributed by atoms with E-state index in [4.69, 9.17) is 0 Å². The van der Waals surface area contributed by atoms with Crippen LogP contribution in [-0.4, -0.2) is 45.4 Å². The van der Waals surface area contributed by atoms with E-state index in [9.17, 15) is 9.59 Å². The third-order valence-corrected chi connectivity index (χ3v) is 5.46. The van der Waals surface area contributed by atoms with Gasteiger partial charge in [0.05, 0.1) is 5.69 Å². The molecule has 2 aliphatic heterocycles. The summed E-state index contributed by atoms with van der Waals surface area (Å²) in [5.41, 5.74) is 1.45. The molecule has 1 saturated heterocycles. The molecular weight excluding hydrogens is 316 g/mol. The molecule has 6 nitrogen and oxygen atoms in total. The molecule has 2 aliphatic rings. The normalized spacial score (nSPS) is 21.6. The van der Waals surface area contributed by atoms with Crippen molar-refractivity contribution in [3.05, 3.63) is 17.2 Å². The molecule has 2 amide bonds. The van der Waals surface area contributed by atoms with Gasteiger partial charge in [-0.3, -0.25) is 9.59 Å². The summed E-state index contributed by atoms with van der Waals surface area (Å²) in [7, 11) is 0. The van der Waals surface area contributed by atoms with Gasteiger partial charge in [-0.05, 0) is 51.4 Å². The molecule has 0 spiro atoms. The number of hydrogen-bond acceptors (Lipinski definition) is 3. The fourth-order valence-electron chi connectivity index (χ4n) is 3.80. The van der Waals surface area contributed by atoms with E-state index in [1.807, 2.05) is 23.3 Å². The van der Waals surface area contributed by atoms with Gasteiger partial charge in [0, 0.05) is 25.7 Å². The van der Waals surface area contributed by atoms with Gasteiger partial charge < -0.3 is 14.8 Å². The van der Waals surface area contributed by atoms with Gasteiger partial charge in [0.15, 0.2) is 5.82 Å². The van der Waals surface area contributed by atoms with E-state index >= 15 is 0 Å². The number of carbonyl (C=O) groups is 2. The average Bonchev–Trinajstić information content (AvgIpc) is 3.00. The number of nitrogens with one attached hydrogen (secondary N) is 1. The molecule has 0 bridgehead atoms. The summed E-state index contributed by atoms with van der Waals surface area (Å²) in [6.07, 6.45) is 6.00. The molecule has 0 radical (unpaired) electrons. The van der Waals surface area contributed by atoms with E-state index in [0.717, 1.165) is 57.4 Å². The lowest BCUT2D eigenvalue weighted by molar-refractivity contribution is 0.0676. The average molecular weight is 346 g/mol. The van der Waals surface area contributed by atoms with Crippen molar-refractivity contribution in [2.24, 2.45) is 5.92 Å². The highest BCUT2D eigenvalue weighted by molar-refractivity contribution is 5.97. The number of imidazole rings is 1. The maximum absolute atomic E-state index is 13.0. The van der Waals surface area contributed by atoms with E-state index < -0.39 is 0 Å². The van der Waals surface area contributed by atoms with Crippen molar-refractivity contribution in [3.8, 4) is 0 Å². The molecule has 6 heteroatoms. The molecule has 0 saturated carbocycles. The van der Waals surface area contributed by atoms with Crippen LogP contribution in [0.2, 0.25) is 0 Å². The predicted molar refractivity (Wildman–Crippen MR) is 96.7 cm³/mol. The molecule has 2 atom stereocenters. The second kappa shape index (κ2) is 7.58. The molecule has 1 aromatic rings. The number of fused-ring (bicyclic) bond motifs is 1. The van der Waals surface area contributed by atoms with Gasteiger partial charge in [-0.1, -0.05) is 13.8 Å². The molecule has 1 N–H and O–H groups in total. The van der Waals surface area contributed by atoms with Crippen LogP contribution in [-0.2, 0) is 13.0 Å². The van der Waals surface area contributed by atoms with E-state index in [1.54, 1.807) is 0 Å². The molecular formula is C19H30N4O2. The fourth-order valence-corrected chi connectivity index (χ4v) is 3.80. The highest BCUT2D eigenvalue weighted by Crippen LogP contribution is 2.24. The molecule has 2 unspecified atom stereocenters. The van der Waals surface area contributed by atoms with Crippen LogP contribution in [0, 0.1) is 5.92 Å². The third kappa shape index (κ3) is 3.72. The highest BCUT2D eigenvalue weighted by atomic mass is 16.2. The maximum Gasteiger partial charge on any atom is 0.287 e. The number of likely N-dealkylation sites (tertiary alicyclic amines) is 1. The largest absolute Gasteiger partial charge is 0.347 e. The van der Waals surface area contributed by atoms with Crippen LogP contribution in [0.15, 0.2) is 0 Å². The molecule has 0 aliphatic carbocycles. The van der Waals surface area contributed by atoms with Crippen LogP contribution in [0.5, 0.6) is 0 Å². The Morgan fingerprint density at radius 3 is 2.80 bits per heavy atom. The molecule has 1 fully saturated rings. The lowest BCUT2D eigenvalue weighted by Crippen LogP contribution is -2.39. The first-order valence-electron chi connectivity index (χ1n) is 9.70. The second-order valence-electron chi connectivity index (χ2n) is 7.62. The Hall–Kier alpha value is -1.85. The highest BCUT2D eigenvalue weighted by Gasteiger charge is 2.31. The fraction of sp³-hybridized carbons (Fsp3) is 0.737. The van der Waals surface area contributed by atoms with Crippen molar-refractivity contribution in [1.29, 1.82) is 0 Å². The Labute approximate surface area is 150 Å². The third-order valence-electron chi connectivity index (χ3n) is 5.46. The predicted octanol–water partition coefficient (Wildman–Crippen LogP) is 2.62. The molecule has 3 heterocycles. The van der Waals surface area contributed by atoms with Gasteiger partial charge in [-0.15, -0.1) is 0 Å². The number of carbonyl (C=O) groups excluding carboxylic acids is 2. The zero-order chi connectivity index (χ0) is 18.0. The summed E-state index contributed by atoms with van der Waals surface area (Å²) in [6, 6.07) is 0.103. The van der Waals surface area contributed by atoms with Gasteiger partial charge in [0.2, 0.25) is 0 Å². The molecule has 0 aromatic carbocycles. The number of piperidine rings is 1. The van der Waals surface area contributed by atoms with Crippen LogP contribution in [0.25, 0.3) is 0 Å². The van der Waals surface area contributed by atoms with Crippen molar-refractivity contribution in [2.45, 2.75) is 71.9 Å². The Balaban J connectivity index is 1.89. The van der Waals surface area contributed by atoms with E-state index in [2.05, 4.69) is 17.2 Å². The number of hydrogen-bond donors (Lipinski definition) is 1. The Morgan fingerprint density at radius 2 is 2.08 bits per heavy atom. The van der Waals surface area contributed by atoms with E-state index in [1.165, 1.54) is 6.42 Å².